The van der Waals surface area contributed by atoms with Crippen LogP contribution in [0.3, 0.4) is 0 Å². The van der Waals surface area contributed by atoms with E-state index in [-0.39, 0.29) is 17.7 Å². The lowest BCUT2D eigenvalue weighted by Crippen LogP contribution is -2.49. The van der Waals surface area contributed by atoms with Crippen LogP contribution in [0.2, 0.25) is 25.7 Å². The Bertz CT molecular complexity index is 1420. The van der Waals surface area contributed by atoms with Gasteiger partial charge in [0.15, 0.2) is 0 Å². The van der Waals surface area contributed by atoms with Gasteiger partial charge in [-0.3, -0.25) is 14.3 Å². The molecule has 2 atom stereocenters. The number of amides is 2. The Morgan fingerprint density at radius 3 is 2.42 bits per heavy atom. The van der Waals surface area contributed by atoms with Crippen molar-refractivity contribution in [2.45, 2.75) is 91.5 Å². The molecule has 1 unspecified atom stereocenters. The number of carbonyl (C=O) groups is 2. The lowest BCUT2D eigenvalue weighted by molar-refractivity contribution is -0.119. The third kappa shape index (κ3) is 9.78. The second-order valence-corrected chi connectivity index (χ2v) is 20.8. The minimum Gasteiger partial charge on any atom is -0.617 e. The molecule has 10 nitrogen and oxygen atoms in total. The van der Waals surface area contributed by atoms with Gasteiger partial charge in [0, 0.05) is 37.8 Å². The fraction of sp³-hybridized carbons (Fsp3) is 0.576. The van der Waals surface area contributed by atoms with E-state index in [4.69, 9.17) is 9.84 Å². The molecule has 0 saturated heterocycles. The summed E-state index contributed by atoms with van der Waals surface area (Å²) in [5.41, 5.74) is 5.07. The number of benzene rings is 1. The second-order valence-electron chi connectivity index (χ2n) is 13.6. The van der Waals surface area contributed by atoms with E-state index in [1.165, 1.54) is 0 Å². The number of anilines is 1. The van der Waals surface area contributed by atoms with E-state index in [1.807, 2.05) is 35.9 Å². The number of nitrogens with one attached hydrogen (secondary N) is 2. The molecule has 1 aromatic carbocycles. The average molecular weight is 655 g/mol. The van der Waals surface area contributed by atoms with Crippen LogP contribution in [0.5, 0.6) is 0 Å². The number of ether oxygens (including phenoxy) is 1. The van der Waals surface area contributed by atoms with Crippen molar-refractivity contribution in [2.75, 3.05) is 23.9 Å². The number of aromatic nitrogens is 4. The Morgan fingerprint density at radius 1 is 1.09 bits per heavy atom. The van der Waals surface area contributed by atoms with Crippen LogP contribution in [0.1, 0.15) is 54.5 Å². The smallest absolute Gasteiger partial charge is 0.270 e. The van der Waals surface area contributed by atoms with Gasteiger partial charge in [0.25, 0.3) is 5.91 Å². The first-order valence-corrected chi connectivity index (χ1v) is 21.4. The van der Waals surface area contributed by atoms with E-state index in [0.29, 0.717) is 36.3 Å². The van der Waals surface area contributed by atoms with Crippen LogP contribution in [-0.2, 0) is 34.0 Å². The first-order valence-electron chi connectivity index (χ1n) is 16.0. The van der Waals surface area contributed by atoms with Crippen molar-refractivity contribution in [1.82, 2.24) is 24.9 Å². The molecule has 2 heterocycles. The molecule has 45 heavy (non-hydrogen) atoms. The van der Waals surface area contributed by atoms with Crippen molar-refractivity contribution < 1.29 is 18.9 Å². The maximum Gasteiger partial charge on any atom is 0.270 e. The first-order chi connectivity index (χ1) is 21.3. The summed E-state index contributed by atoms with van der Waals surface area (Å²) >= 11 is -1.01. The molecule has 0 radical (unpaired) electrons. The molecule has 12 heteroatoms. The Hall–Kier alpha value is -2.93. The topological polar surface area (TPSA) is 126 Å². The molecule has 1 aliphatic carbocycles. The number of hydrogen-bond donors (Lipinski definition) is 2. The maximum atomic E-state index is 13.7. The van der Waals surface area contributed by atoms with Crippen molar-refractivity contribution in [3.05, 3.63) is 53.6 Å². The largest absolute Gasteiger partial charge is 0.617 e. The predicted molar refractivity (Wildman–Crippen MR) is 183 cm³/mol. The Labute approximate surface area is 271 Å². The van der Waals surface area contributed by atoms with Crippen LogP contribution in [-0.4, -0.2) is 68.7 Å². The molecule has 3 aromatic rings. The van der Waals surface area contributed by atoms with Crippen LogP contribution in [0, 0.1) is 25.7 Å². The quantitative estimate of drug-likeness (QED) is 0.132. The van der Waals surface area contributed by atoms with Crippen molar-refractivity contribution in [2.24, 2.45) is 11.8 Å². The highest BCUT2D eigenvalue weighted by molar-refractivity contribution is 7.90. The molecule has 1 aliphatic rings. The lowest BCUT2D eigenvalue weighted by atomic mass is 9.79. The molecule has 2 aromatic heterocycles. The molecule has 1 fully saturated rings. The van der Waals surface area contributed by atoms with Crippen LogP contribution < -0.4 is 10.6 Å². The van der Waals surface area contributed by atoms with Gasteiger partial charge in [0.2, 0.25) is 5.91 Å². The highest BCUT2D eigenvalue weighted by Gasteiger charge is 2.33. The number of rotatable bonds is 14. The van der Waals surface area contributed by atoms with Crippen LogP contribution in [0.15, 0.2) is 36.5 Å². The summed E-state index contributed by atoms with van der Waals surface area (Å²) < 4.78 is 21.0. The first kappa shape index (κ1) is 34.9. The lowest BCUT2D eigenvalue weighted by Gasteiger charge is -2.32. The van der Waals surface area contributed by atoms with Gasteiger partial charge in [0.05, 0.1) is 18.5 Å². The summed E-state index contributed by atoms with van der Waals surface area (Å²) in [6.45, 7) is 14.8. The zero-order valence-electron chi connectivity index (χ0n) is 27.9. The fourth-order valence-corrected chi connectivity index (χ4v) is 7.05. The van der Waals surface area contributed by atoms with E-state index in [2.05, 4.69) is 49.2 Å². The highest BCUT2D eigenvalue weighted by Crippen LogP contribution is 2.32. The van der Waals surface area contributed by atoms with Crippen molar-refractivity contribution in [1.29, 1.82) is 0 Å². The van der Waals surface area contributed by atoms with Gasteiger partial charge < -0.3 is 19.9 Å². The minimum absolute atomic E-state index is 0.0352. The Balaban J connectivity index is 1.45. The standard InChI is InChI=1S/C33H50N6O4SSi/c1-23-8-10-27(11-9-23)31(36-32(40)29-16-17-34-38(29)18-20-44(4)42)33(41)35-28-14-12-26(13-15-28)30-24(2)37-39(25(30)3)22-43-19-21-45(5,6)7/h12-17,23,27,31H,8-11,18-22H2,1-7H3,(H,35,41)(H,36,40)/t23-,27-,31-,44?/m0/s1. The Kier molecular flexibility index (Phi) is 12.1. The molecule has 0 bridgehead atoms. The summed E-state index contributed by atoms with van der Waals surface area (Å²) in [6, 6.07) is 9.85. The van der Waals surface area contributed by atoms with Gasteiger partial charge in [-0.1, -0.05) is 62.7 Å². The number of aryl methyl sites for hydroxylation is 2. The third-order valence-corrected chi connectivity index (χ3v) is 11.1. The number of carbonyl (C=O) groups excluding carboxylic acids is 2. The molecule has 2 amide bonds. The zero-order valence-corrected chi connectivity index (χ0v) is 29.7. The number of nitrogens with zero attached hydrogens (tertiary/aromatic N) is 4. The minimum atomic E-state index is -1.15. The van der Waals surface area contributed by atoms with E-state index < -0.39 is 25.3 Å². The molecule has 0 spiro atoms. The van der Waals surface area contributed by atoms with E-state index in [9.17, 15) is 14.1 Å². The fourth-order valence-electron chi connectivity index (χ4n) is 5.86. The summed E-state index contributed by atoms with van der Waals surface area (Å²) in [5, 5.41) is 15.0. The van der Waals surface area contributed by atoms with Gasteiger partial charge in [-0.2, -0.15) is 10.2 Å². The van der Waals surface area contributed by atoms with E-state index >= 15 is 0 Å². The van der Waals surface area contributed by atoms with Crippen molar-refractivity contribution in [3.8, 4) is 11.1 Å². The van der Waals surface area contributed by atoms with Crippen molar-refractivity contribution in [3.63, 3.8) is 0 Å². The second kappa shape index (κ2) is 15.6. The molecule has 2 N–H and O–H groups in total. The van der Waals surface area contributed by atoms with Gasteiger partial charge in [-0.15, -0.1) is 0 Å². The van der Waals surface area contributed by atoms with Crippen LogP contribution >= 0.6 is 0 Å². The number of hydrogen-bond acceptors (Lipinski definition) is 6. The van der Waals surface area contributed by atoms with Gasteiger partial charge in [-0.25, -0.2) is 4.68 Å². The van der Waals surface area contributed by atoms with Gasteiger partial charge >= 0.3 is 0 Å². The molecule has 1 saturated carbocycles. The maximum absolute atomic E-state index is 13.7. The average Bonchev–Trinajstić information content (AvgIpc) is 3.57. The molecule has 4 rings (SSSR count). The monoisotopic (exact) mass is 654 g/mol. The zero-order chi connectivity index (χ0) is 32.7. The third-order valence-electron chi connectivity index (χ3n) is 8.67. The van der Waals surface area contributed by atoms with Gasteiger partial charge in [-0.05, 0) is 68.3 Å². The highest BCUT2D eigenvalue weighted by atomic mass is 32.2. The summed E-state index contributed by atoms with van der Waals surface area (Å²) in [6.07, 6.45) is 6.97. The molecule has 246 valence electrons. The summed E-state index contributed by atoms with van der Waals surface area (Å²) in [5.74, 6) is 0.461. The SMILES string of the molecule is Cc1nn(COCC[Si](C)(C)C)c(C)c1-c1ccc(NC(=O)[C@@H](NC(=O)c2ccnn2CC[S+](C)[O-])[C@H]2CC[C@H](C)CC2)cc1. The summed E-state index contributed by atoms with van der Waals surface area (Å²) in [7, 11) is -1.15. The molecular formula is C33H50N6O4SSi. The molecule has 0 aliphatic heterocycles. The van der Waals surface area contributed by atoms with Gasteiger partial charge in [0.1, 0.15) is 24.2 Å². The molecular weight excluding hydrogens is 605 g/mol. The van der Waals surface area contributed by atoms with Crippen molar-refractivity contribution >= 4 is 36.8 Å². The Morgan fingerprint density at radius 2 is 1.78 bits per heavy atom. The van der Waals surface area contributed by atoms with Crippen LogP contribution in [0.4, 0.5) is 5.69 Å². The van der Waals surface area contributed by atoms with E-state index in [1.54, 1.807) is 23.2 Å². The predicted octanol–water partition coefficient (Wildman–Crippen LogP) is 5.62. The summed E-state index contributed by atoms with van der Waals surface area (Å²) in [4.78, 5) is 27.1. The normalized spacial score (nSPS) is 18.4. The van der Waals surface area contributed by atoms with Crippen LogP contribution in [0.25, 0.3) is 11.1 Å². The van der Waals surface area contributed by atoms with E-state index in [0.717, 1.165) is 60.8 Å².